The number of hydrogen-bond acceptors (Lipinski definition) is 0. The maximum Gasteiger partial charge on any atom is 0.0894 e. The molecule has 0 aliphatic heterocycles. The van der Waals surface area contributed by atoms with E-state index < -0.39 is 0 Å². The fraction of sp³-hybridized carbons (Fsp3) is 0.833. The molecule has 3 fully saturated rings. The third-order valence-corrected chi connectivity index (χ3v) is 11.0. The zero-order chi connectivity index (χ0) is 25.7. The van der Waals surface area contributed by atoms with Crippen molar-refractivity contribution in [3.05, 3.63) is 35.4 Å². The Morgan fingerprint density at radius 1 is 0.568 bits per heavy atom. The minimum Gasteiger partial charge on any atom is -0.251 e. The van der Waals surface area contributed by atoms with Crippen LogP contribution in [0.3, 0.4) is 0 Å². The van der Waals surface area contributed by atoms with Gasteiger partial charge in [-0.2, -0.15) is 0 Å². The van der Waals surface area contributed by atoms with Crippen LogP contribution in [0.2, 0.25) is 0 Å². The Bertz CT molecular complexity index is 699. The molecule has 1 heteroatoms. The lowest BCUT2D eigenvalue weighted by Gasteiger charge is -2.38. The van der Waals surface area contributed by atoms with Crippen LogP contribution in [0.15, 0.2) is 24.3 Å². The lowest BCUT2D eigenvalue weighted by atomic mass is 9.67. The van der Waals surface area contributed by atoms with Crippen LogP contribution in [0, 0.1) is 29.6 Å². The van der Waals surface area contributed by atoms with Gasteiger partial charge in [-0.3, -0.25) is 4.39 Å². The van der Waals surface area contributed by atoms with Crippen molar-refractivity contribution in [1.82, 2.24) is 0 Å². The molecule has 0 bridgehead atoms. The fourth-order valence-electron chi connectivity index (χ4n) is 8.39. The van der Waals surface area contributed by atoms with Crippen molar-refractivity contribution < 1.29 is 4.39 Å². The molecule has 0 amide bonds. The Hall–Kier alpha value is -0.850. The van der Waals surface area contributed by atoms with E-state index in [0.717, 1.165) is 48.3 Å². The summed E-state index contributed by atoms with van der Waals surface area (Å²) in [6, 6.07) is 9.73. The zero-order valence-corrected chi connectivity index (χ0v) is 24.4. The summed E-state index contributed by atoms with van der Waals surface area (Å²) >= 11 is 0. The number of hydrogen-bond donors (Lipinski definition) is 0. The van der Waals surface area contributed by atoms with Crippen LogP contribution in [0.1, 0.15) is 159 Å². The highest BCUT2D eigenvalue weighted by Gasteiger charge is 2.31. The molecule has 210 valence electrons. The van der Waals surface area contributed by atoms with Gasteiger partial charge in [0.25, 0.3) is 0 Å². The molecule has 0 N–H and O–H groups in total. The molecule has 0 spiro atoms. The average Bonchev–Trinajstić information content (AvgIpc) is 2.96. The lowest BCUT2D eigenvalue weighted by molar-refractivity contribution is 0.136. The first-order chi connectivity index (χ1) is 18.2. The number of aryl methyl sites for hydroxylation is 1. The average molecular weight is 511 g/mol. The predicted molar refractivity (Wildman–Crippen MR) is 159 cm³/mol. The van der Waals surface area contributed by atoms with Crippen molar-refractivity contribution in [3.63, 3.8) is 0 Å². The van der Waals surface area contributed by atoms with E-state index in [9.17, 15) is 4.39 Å². The second-order valence-electron chi connectivity index (χ2n) is 13.6. The third kappa shape index (κ3) is 9.69. The molecular formula is C36H59F. The molecule has 0 nitrogen and oxygen atoms in total. The summed E-state index contributed by atoms with van der Waals surface area (Å²) in [5.41, 5.74) is 3.15. The normalized spacial score (nSPS) is 30.9. The summed E-state index contributed by atoms with van der Waals surface area (Å²) in [6.45, 7) is 2.17. The Kier molecular flexibility index (Phi) is 12.8. The molecule has 3 aliphatic carbocycles. The smallest absolute Gasteiger partial charge is 0.0894 e. The van der Waals surface area contributed by atoms with Crippen LogP contribution in [0.4, 0.5) is 4.39 Å². The molecule has 0 saturated heterocycles. The van der Waals surface area contributed by atoms with Gasteiger partial charge in [0.05, 0.1) is 6.67 Å². The standard InChI is InChI=1S/C36H59F/c1-2-3-5-8-29-12-20-33(21-13-29)35-24-16-31(17-25-35)10-11-32-18-26-36(27-19-32)34-22-14-30(15-23-34)9-6-4-7-28-37/h12-13,20-21,30-32,34-36H,2-11,14-19,22-28H2,1H3. The van der Waals surface area contributed by atoms with Crippen molar-refractivity contribution >= 4 is 0 Å². The van der Waals surface area contributed by atoms with Crippen LogP contribution >= 0.6 is 0 Å². The van der Waals surface area contributed by atoms with Gasteiger partial charge in [-0.15, -0.1) is 0 Å². The van der Waals surface area contributed by atoms with Crippen molar-refractivity contribution in [2.24, 2.45) is 29.6 Å². The molecule has 4 rings (SSSR count). The quantitative estimate of drug-likeness (QED) is 0.218. The van der Waals surface area contributed by atoms with Gasteiger partial charge >= 0.3 is 0 Å². The van der Waals surface area contributed by atoms with E-state index in [2.05, 4.69) is 31.2 Å². The van der Waals surface area contributed by atoms with E-state index in [0.29, 0.717) is 0 Å². The number of benzene rings is 1. The van der Waals surface area contributed by atoms with Crippen LogP contribution in [0.25, 0.3) is 0 Å². The van der Waals surface area contributed by atoms with Gasteiger partial charge in [-0.05, 0) is 117 Å². The first kappa shape index (κ1) is 29.1. The second-order valence-corrected chi connectivity index (χ2v) is 13.6. The predicted octanol–water partition coefficient (Wildman–Crippen LogP) is 11.6. The Balaban J connectivity index is 1.06. The Morgan fingerprint density at radius 3 is 1.65 bits per heavy atom. The van der Waals surface area contributed by atoms with E-state index in [4.69, 9.17) is 0 Å². The van der Waals surface area contributed by atoms with Crippen molar-refractivity contribution in [2.75, 3.05) is 6.67 Å². The molecule has 3 saturated carbocycles. The van der Waals surface area contributed by atoms with Crippen molar-refractivity contribution in [1.29, 1.82) is 0 Å². The van der Waals surface area contributed by atoms with Gasteiger partial charge in [-0.1, -0.05) is 102 Å². The second kappa shape index (κ2) is 16.3. The minimum absolute atomic E-state index is 0.120. The first-order valence-corrected chi connectivity index (χ1v) is 16.9. The number of halogens is 1. The molecule has 3 aliphatic rings. The summed E-state index contributed by atoms with van der Waals surface area (Å²) in [6.07, 6.45) is 30.6. The molecule has 0 radical (unpaired) electrons. The topological polar surface area (TPSA) is 0 Å². The Morgan fingerprint density at radius 2 is 1.11 bits per heavy atom. The van der Waals surface area contributed by atoms with E-state index >= 15 is 0 Å². The van der Waals surface area contributed by atoms with Crippen LogP contribution in [-0.4, -0.2) is 6.67 Å². The van der Waals surface area contributed by atoms with E-state index in [-0.39, 0.29) is 6.67 Å². The zero-order valence-electron chi connectivity index (χ0n) is 24.4. The van der Waals surface area contributed by atoms with E-state index in [1.54, 1.807) is 5.56 Å². The fourth-order valence-corrected chi connectivity index (χ4v) is 8.39. The van der Waals surface area contributed by atoms with Gasteiger partial charge in [0.2, 0.25) is 0 Å². The van der Waals surface area contributed by atoms with Gasteiger partial charge in [0.15, 0.2) is 0 Å². The summed E-state index contributed by atoms with van der Waals surface area (Å²) in [5.74, 6) is 5.88. The maximum atomic E-state index is 12.3. The summed E-state index contributed by atoms with van der Waals surface area (Å²) in [5, 5.41) is 0. The minimum atomic E-state index is -0.120. The highest BCUT2D eigenvalue weighted by Crippen LogP contribution is 2.44. The lowest BCUT2D eigenvalue weighted by Crippen LogP contribution is -2.26. The monoisotopic (exact) mass is 510 g/mol. The maximum absolute atomic E-state index is 12.3. The largest absolute Gasteiger partial charge is 0.251 e. The summed E-state index contributed by atoms with van der Waals surface area (Å²) in [7, 11) is 0. The SMILES string of the molecule is CCCCCc1ccc(C2CCC(CCC3CCC(C4CCC(CCCCCF)CC4)CC3)CC2)cc1. The van der Waals surface area contributed by atoms with Crippen molar-refractivity contribution in [2.45, 2.75) is 154 Å². The van der Waals surface area contributed by atoms with E-state index in [1.807, 2.05) is 0 Å². The first-order valence-electron chi connectivity index (χ1n) is 16.9. The Labute approximate surface area is 230 Å². The number of rotatable bonds is 14. The molecule has 1 aromatic carbocycles. The highest BCUT2D eigenvalue weighted by atomic mass is 19.1. The number of alkyl halides is 1. The summed E-state index contributed by atoms with van der Waals surface area (Å²) in [4.78, 5) is 0. The molecular weight excluding hydrogens is 451 g/mol. The molecule has 0 heterocycles. The van der Waals surface area contributed by atoms with Crippen LogP contribution in [-0.2, 0) is 6.42 Å². The van der Waals surface area contributed by atoms with Gasteiger partial charge in [0, 0.05) is 0 Å². The van der Waals surface area contributed by atoms with Gasteiger partial charge in [-0.25, -0.2) is 0 Å². The molecule has 0 unspecified atom stereocenters. The van der Waals surface area contributed by atoms with Gasteiger partial charge in [0.1, 0.15) is 0 Å². The molecule has 37 heavy (non-hydrogen) atoms. The third-order valence-electron chi connectivity index (χ3n) is 11.0. The summed E-state index contributed by atoms with van der Waals surface area (Å²) < 4.78 is 12.3. The molecule has 0 aromatic heterocycles. The highest BCUT2D eigenvalue weighted by molar-refractivity contribution is 5.26. The van der Waals surface area contributed by atoms with Crippen LogP contribution < -0.4 is 0 Å². The van der Waals surface area contributed by atoms with Crippen molar-refractivity contribution in [3.8, 4) is 0 Å². The van der Waals surface area contributed by atoms with Gasteiger partial charge < -0.3 is 0 Å². The molecule has 1 aromatic rings. The molecule has 0 atom stereocenters. The van der Waals surface area contributed by atoms with E-state index in [1.165, 1.54) is 134 Å². The number of unbranched alkanes of at least 4 members (excludes halogenated alkanes) is 4. The van der Waals surface area contributed by atoms with Crippen LogP contribution in [0.5, 0.6) is 0 Å².